The van der Waals surface area contributed by atoms with Crippen LogP contribution in [0, 0.1) is 0 Å². The number of fused-ring (bicyclic) bond motifs is 1. The molecule has 2 heterocycles. The summed E-state index contributed by atoms with van der Waals surface area (Å²) in [4.78, 5) is 30.7. The fourth-order valence-electron chi connectivity index (χ4n) is 3.57. The quantitative estimate of drug-likeness (QED) is 0.540. The zero-order valence-corrected chi connectivity index (χ0v) is 19.0. The van der Waals surface area contributed by atoms with Crippen molar-refractivity contribution in [2.24, 2.45) is 7.05 Å². The second kappa shape index (κ2) is 9.50. The number of allylic oxidation sites excluding steroid dienone is 4. The summed E-state index contributed by atoms with van der Waals surface area (Å²) in [6.07, 6.45) is 7.42. The average molecular weight is 467 g/mol. The number of imidazole rings is 1. The van der Waals surface area contributed by atoms with Gasteiger partial charge < -0.3 is 9.84 Å². The summed E-state index contributed by atoms with van der Waals surface area (Å²) in [5.41, 5.74) is 4.31. The van der Waals surface area contributed by atoms with Crippen molar-refractivity contribution < 1.29 is 9.84 Å². The van der Waals surface area contributed by atoms with Gasteiger partial charge in [0.1, 0.15) is 5.76 Å². The molecule has 9 heteroatoms. The van der Waals surface area contributed by atoms with Crippen LogP contribution >= 0.6 is 11.6 Å². The highest BCUT2D eigenvalue weighted by atomic mass is 35.5. The van der Waals surface area contributed by atoms with Crippen molar-refractivity contribution in [2.75, 3.05) is 6.61 Å². The predicted octanol–water partition coefficient (Wildman–Crippen LogP) is 2.91. The largest absolute Gasteiger partial charge is 0.425 e. The molecule has 0 atom stereocenters. The number of benzene rings is 1. The fourth-order valence-corrected chi connectivity index (χ4v) is 3.69. The van der Waals surface area contributed by atoms with E-state index in [1.165, 1.54) is 4.57 Å². The number of rotatable bonds is 7. The lowest BCUT2D eigenvalue weighted by Gasteiger charge is -2.12. The van der Waals surface area contributed by atoms with Crippen molar-refractivity contribution in [3.63, 3.8) is 0 Å². The van der Waals surface area contributed by atoms with E-state index in [9.17, 15) is 14.7 Å². The zero-order chi connectivity index (χ0) is 23.5. The maximum absolute atomic E-state index is 13.4. The minimum Gasteiger partial charge on any atom is -0.425 e. The minimum atomic E-state index is -0.500. The first-order chi connectivity index (χ1) is 15.9. The molecule has 8 nitrogen and oxygen atoms in total. The second-order valence-corrected chi connectivity index (χ2v) is 8.13. The van der Waals surface area contributed by atoms with Crippen molar-refractivity contribution in [3.05, 3.63) is 97.1 Å². The van der Waals surface area contributed by atoms with Crippen molar-refractivity contribution in [1.82, 2.24) is 18.7 Å². The fraction of sp³-hybridized carbons (Fsp3) is 0.250. The number of hydrogen-bond donors (Lipinski definition) is 1. The number of ether oxygens (including phenoxy) is 1. The van der Waals surface area contributed by atoms with E-state index in [0.717, 1.165) is 15.7 Å². The lowest BCUT2D eigenvalue weighted by Crippen LogP contribution is -2.39. The predicted molar refractivity (Wildman–Crippen MR) is 127 cm³/mol. The van der Waals surface area contributed by atoms with Crippen LogP contribution in [0.3, 0.4) is 0 Å². The van der Waals surface area contributed by atoms with Crippen LogP contribution in [0.4, 0.5) is 0 Å². The molecule has 2 aromatic heterocycles. The van der Waals surface area contributed by atoms with Gasteiger partial charge in [-0.2, -0.15) is 4.98 Å². The van der Waals surface area contributed by atoms with Crippen LogP contribution in [0.2, 0.25) is 5.02 Å². The Morgan fingerprint density at radius 1 is 1.18 bits per heavy atom. The Balaban J connectivity index is 1.92. The number of aliphatic hydroxyl groups is 1. The van der Waals surface area contributed by atoms with Gasteiger partial charge in [-0.3, -0.25) is 18.5 Å². The molecule has 0 fully saturated rings. The van der Waals surface area contributed by atoms with Gasteiger partial charge in [0.25, 0.3) is 5.56 Å². The molecule has 0 radical (unpaired) electrons. The van der Waals surface area contributed by atoms with E-state index in [0.29, 0.717) is 10.8 Å². The molecule has 1 N–H and O–H groups in total. The molecule has 0 amide bonds. The van der Waals surface area contributed by atoms with Gasteiger partial charge in [-0.1, -0.05) is 23.7 Å². The molecule has 3 aromatic rings. The number of halogens is 1. The summed E-state index contributed by atoms with van der Waals surface area (Å²) in [7, 11) is 1.56. The third kappa shape index (κ3) is 4.64. The van der Waals surface area contributed by atoms with Gasteiger partial charge >= 0.3 is 11.7 Å². The standard InChI is InChI=1S/C24H23ClN4O4/c1-16-6-3-4-7-19(14-16)33-23-26-21-20(29(23)15-17-8-10-18(25)11-9-17)22(31)28(12-5-13-30)24(32)27(21)2/h4,6-11,14,30H,5,12-13,15H2,1-2H3. The molecule has 1 aromatic carbocycles. The molecule has 0 bridgehead atoms. The summed E-state index contributed by atoms with van der Waals surface area (Å²) in [5.74, 6) is 0.520. The topological polar surface area (TPSA) is 91.3 Å². The van der Waals surface area contributed by atoms with Crippen LogP contribution in [0.15, 0.2) is 75.2 Å². The molecule has 0 aliphatic heterocycles. The van der Waals surface area contributed by atoms with E-state index in [4.69, 9.17) is 16.3 Å². The van der Waals surface area contributed by atoms with Gasteiger partial charge in [-0.05, 0) is 60.9 Å². The third-order valence-corrected chi connectivity index (χ3v) is 5.48. The van der Waals surface area contributed by atoms with Crippen LogP contribution < -0.4 is 16.0 Å². The van der Waals surface area contributed by atoms with E-state index >= 15 is 0 Å². The van der Waals surface area contributed by atoms with Crippen LogP contribution in [0.25, 0.3) is 11.2 Å². The van der Waals surface area contributed by atoms with Gasteiger partial charge in [0, 0.05) is 25.2 Å². The number of hydrogen-bond acceptors (Lipinski definition) is 5. The Morgan fingerprint density at radius 3 is 2.67 bits per heavy atom. The monoisotopic (exact) mass is 466 g/mol. The second-order valence-electron chi connectivity index (χ2n) is 7.69. The molecule has 1 aliphatic rings. The normalized spacial score (nSPS) is 13.2. The molecule has 1 aliphatic carbocycles. The molecular formula is C24H23ClN4O4. The number of aryl methyl sites for hydroxylation is 1. The van der Waals surface area contributed by atoms with E-state index in [2.05, 4.69) is 10.7 Å². The van der Waals surface area contributed by atoms with Crippen molar-refractivity contribution in [3.8, 4) is 6.01 Å². The molecule has 0 unspecified atom stereocenters. The van der Waals surface area contributed by atoms with Crippen LogP contribution in [-0.4, -0.2) is 30.4 Å². The Morgan fingerprint density at radius 2 is 1.94 bits per heavy atom. The van der Waals surface area contributed by atoms with Crippen molar-refractivity contribution in [2.45, 2.75) is 26.4 Å². The maximum atomic E-state index is 13.4. The summed E-state index contributed by atoms with van der Waals surface area (Å²) in [6, 6.07) is 7.42. The molecule has 0 saturated carbocycles. The first-order valence-electron chi connectivity index (χ1n) is 10.4. The highest BCUT2D eigenvalue weighted by Crippen LogP contribution is 2.23. The van der Waals surface area contributed by atoms with E-state index in [1.807, 2.05) is 31.2 Å². The first kappa shape index (κ1) is 22.6. The van der Waals surface area contributed by atoms with Crippen LogP contribution in [0.1, 0.15) is 18.9 Å². The van der Waals surface area contributed by atoms with Crippen LogP contribution in [0.5, 0.6) is 6.01 Å². The molecular weight excluding hydrogens is 444 g/mol. The third-order valence-electron chi connectivity index (χ3n) is 5.23. The van der Waals surface area contributed by atoms with Gasteiger partial charge in [-0.25, -0.2) is 4.79 Å². The van der Waals surface area contributed by atoms with Crippen molar-refractivity contribution >= 4 is 22.8 Å². The van der Waals surface area contributed by atoms with Crippen LogP contribution in [-0.2, 0) is 20.1 Å². The summed E-state index contributed by atoms with van der Waals surface area (Å²) >= 11 is 6.03. The van der Waals surface area contributed by atoms with Gasteiger partial charge in [0.2, 0.25) is 0 Å². The summed E-state index contributed by atoms with van der Waals surface area (Å²) in [6.45, 7) is 2.17. The smallest absolute Gasteiger partial charge is 0.332 e. The van der Waals surface area contributed by atoms with Gasteiger partial charge in [0.05, 0.1) is 6.54 Å². The molecule has 33 heavy (non-hydrogen) atoms. The number of nitrogens with zero attached hydrogens (tertiary/aromatic N) is 4. The highest BCUT2D eigenvalue weighted by molar-refractivity contribution is 6.30. The first-order valence-corrected chi connectivity index (χ1v) is 10.8. The number of aliphatic hydroxyl groups excluding tert-OH is 1. The SMILES string of the molecule is CC1=CC(Oc2nc3c(c(=O)n(CCCO)c(=O)n3C)n2Cc2ccc(Cl)cc2)=CC=C=C1. The molecule has 170 valence electrons. The van der Waals surface area contributed by atoms with E-state index < -0.39 is 11.2 Å². The van der Waals surface area contributed by atoms with E-state index in [-0.39, 0.29) is 43.3 Å². The molecule has 0 spiro atoms. The van der Waals surface area contributed by atoms with E-state index in [1.54, 1.807) is 35.9 Å². The van der Waals surface area contributed by atoms with Crippen molar-refractivity contribution in [1.29, 1.82) is 0 Å². The van der Waals surface area contributed by atoms with Gasteiger partial charge in [0.15, 0.2) is 11.2 Å². The lowest BCUT2D eigenvalue weighted by molar-refractivity contribution is 0.277. The average Bonchev–Trinajstić information content (AvgIpc) is 3.00. The summed E-state index contributed by atoms with van der Waals surface area (Å²) in [5, 5.41) is 9.80. The lowest BCUT2D eigenvalue weighted by atomic mass is 10.2. The molecule has 4 rings (SSSR count). The Labute approximate surface area is 194 Å². The Bertz CT molecular complexity index is 1450. The number of aromatic nitrogens is 4. The minimum absolute atomic E-state index is 0.101. The zero-order valence-electron chi connectivity index (χ0n) is 18.3. The van der Waals surface area contributed by atoms with Gasteiger partial charge in [-0.15, -0.1) is 5.73 Å². The Hall–Kier alpha value is -3.58. The maximum Gasteiger partial charge on any atom is 0.332 e. The molecule has 0 saturated heterocycles. The Kier molecular flexibility index (Phi) is 6.51. The highest BCUT2D eigenvalue weighted by Gasteiger charge is 2.22. The summed E-state index contributed by atoms with van der Waals surface area (Å²) < 4.78 is 10.2.